The molecule has 2 aliphatic carbocycles. The standard InChI is InChI=1S/C26H30/c1-25(2,3)19-12-11-18-13-23-21(17-9-7-8-10-17)15-20(26(4,5)6)16-24(23)22(18)14-19/h7-12,14-17H,13H2,1-6H3. The summed E-state index contributed by atoms with van der Waals surface area (Å²) in [5.74, 6) is 0.419. The van der Waals surface area contributed by atoms with Gasteiger partial charge in [0.2, 0.25) is 0 Å². The van der Waals surface area contributed by atoms with Crippen LogP contribution in [-0.2, 0) is 17.3 Å². The van der Waals surface area contributed by atoms with Gasteiger partial charge in [-0.25, -0.2) is 0 Å². The van der Waals surface area contributed by atoms with Crippen molar-refractivity contribution in [2.45, 2.75) is 64.7 Å². The maximum Gasteiger partial charge on any atom is 0.0208 e. The van der Waals surface area contributed by atoms with E-state index in [1.807, 2.05) is 0 Å². The zero-order valence-corrected chi connectivity index (χ0v) is 17.0. The highest BCUT2D eigenvalue weighted by molar-refractivity contribution is 5.80. The molecule has 0 saturated heterocycles. The number of fused-ring (bicyclic) bond motifs is 3. The molecule has 2 aromatic rings. The fraction of sp³-hybridized carbons (Fsp3) is 0.385. The van der Waals surface area contributed by atoms with Gasteiger partial charge in [0.05, 0.1) is 0 Å². The molecule has 4 rings (SSSR count). The van der Waals surface area contributed by atoms with Crippen LogP contribution in [0.2, 0.25) is 0 Å². The van der Waals surface area contributed by atoms with E-state index in [9.17, 15) is 0 Å². The van der Waals surface area contributed by atoms with E-state index >= 15 is 0 Å². The molecular formula is C26H30. The van der Waals surface area contributed by atoms with Crippen LogP contribution in [0.5, 0.6) is 0 Å². The number of hydrogen-bond donors (Lipinski definition) is 0. The van der Waals surface area contributed by atoms with Crippen molar-refractivity contribution in [1.29, 1.82) is 0 Å². The average Bonchev–Trinajstić information content (AvgIpc) is 3.19. The Bertz CT molecular complexity index is 912. The van der Waals surface area contributed by atoms with Crippen LogP contribution in [0.25, 0.3) is 11.1 Å². The Morgan fingerprint density at radius 3 is 1.96 bits per heavy atom. The average molecular weight is 343 g/mol. The van der Waals surface area contributed by atoms with Gasteiger partial charge in [0, 0.05) is 5.92 Å². The summed E-state index contributed by atoms with van der Waals surface area (Å²) in [5.41, 5.74) is 10.6. The molecular weight excluding hydrogens is 312 g/mol. The molecule has 0 N–H and O–H groups in total. The SMILES string of the molecule is CC(C)(C)c1ccc2c(c1)-c1cc(C(C)(C)C)cc(C3C=CC=C3)c1C2. The van der Waals surface area contributed by atoms with Gasteiger partial charge in [-0.1, -0.05) is 96.2 Å². The van der Waals surface area contributed by atoms with Crippen LogP contribution in [-0.4, -0.2) is 0 Å². The summed E-state index contributed by atoms with van der Waals surface area (Å²) in [6.07, 6.45) is 10.1. The smallest absolute Gasteiger partial charge is 0.0208 e. The molecule has 0 unspecified atom stereocenters. The second kappa shape index (κ2) is 5.71. The zero-order chi connectivity index (χ0) is 18.7. The van der Waals surface area contributed by atoms with Crippen LogP contribution < -0.4 is 0 Å². The fourth-order valence-electron chi connectivity index (χ4n) is 4.14. The van der Waals surface area contributed by atoms with Gasteiger partial charge in [-0.05, 0) is 56.2 Å². The first-order chi connectivity index (χ1) is 12.1. The summed E-state index contributed by atoms with van der Waals surface area (Å²) in [5, 5.41) is 0. The summed E-state index contributed by atoms with van der Waals surface area (Å²) in [4.78, 5) is 0. The highest BCUT2D eigenvalue weighted by Gasteiger charge is 2.28. The van der Waals surface area contributed by atoms with E-state index in [2.05, 4.69) is 96.2 Å². The Hall–Kier alpha value is -2.08. The van der Waals surface area contributed by atoms with Crippen LogP contribution in [0.4, 0.5) is 0 Å². The third kappa shape index (κ3) is 2.86. The van der Waals surface area contributed by atoms with Gasteiger partial charge in [0.15, 0.2) is 0 Å². The predicted molar refractivity (Wildman–Crippen MR) is 113 cm³/mol. The Morgan fingerprint density at radius 2 is 1.35 bits per heavy atom. The monoisotopic (exact) mass is 342 g/mol. The number of benzene rings is 2. The number of hydrogen-bond acceptors (Lipinski definition) is 0. The second-order valence-electron chi connectivity index (χ2n) is 9.94. The highest BCUT2D eigenvalue weighted by atomic mass is 14.3. The lowest BCUT2D eigenvalue weighted by molar-refractivity contribution is 0.589. The van der Waals surface area contributed by atoms with E-state index in [-0.39, 0.29) is 10.8 Å². The van der Waals surface area contributed by atoms with Crippen LogP contribution >= 0.6 is 0 Å². The first-order valence-electron chi connectivity index (χ1n) is 9.81. The Balaban J connectivity index is 1.94. The molecule has 0 atom stereocenters. The predicted octanol–water partition coefficient (Wildman–Crippen LogP) is 7.06. The Kier molecular flexibility index (Phi) is 3.81. The minimum absolute atomic E-state index is 0.153. The minimum Gasteiger partial charge on any atom is -0.0732 e. The number of rotatable bonds is 1. The zero-order valence-electron chi connectivity index (χ0n) is 17.0. The lowest BCUT2D eigenvalue weighted by atomic mass is 9.80. The van der Waals surface area contributed by atoms with E-state index in [0.29, 0.717) is 5.92 Å². The van der Waals surface area contributed by atoms with E-state index in [1.165, 1.54) is 38.9 Å². The summed E-state index contributed by atoms with van der Waals surface area (Å²) in [6, 6.07) is 12.0. The maximum atomic E-state index is 2.46. The molecule has 0 fully saturated rings. The van der Waals surface area contributed by atoms with Crippen LogP contribution in [0.3, 0.4) is 0 Å². The summed E-state index contributed by atoms with van der Waals surface area (Å²) < 4.78 is 0. The van der Waals surface area contributed by atoms with E-state index in [0.717, 1.165) is 6.42 Å². The van der Waals surface area contributed by atoms with Gasteiger partial charge in [-0.2, -0.15) is 0 Å². The first-order valence-corrected chi connectivity index (χ1v) is 9.81. The van der Waals surface area contributed by atoms with Gasteiger partial charge < -0.3 is 0 Å². The molecule has 134 valence electrons. The van der Waals surface area contributed by atoms with Crippen molar-refractivity contribution in [3.8, 4) is 11.1 Å². The molecule has 0 bridgehead atoms. The lowest BCUT2D eigenvalue weighted by Crippen LogP contribution is -2.13. The molecule has 0 spiro atoms. The van der Waals surface area contributed by atoms with Crippen molar-refractivity contribution >= 4 is 0 Å². The molecule has 0 aliphatic heterocycles. The van der Waals surface area contributed by atoms with Gasteiger partial charge >= 0.3 is 0 Å². The van der Waals surface area contributed by atoms with Gasteiger partial charge in [0.1, 0.15) is 0 Å². The highest BCUT2D eigenvalue weighted by Crippen LogP contribution is 2.45. The van der Waals surface area contributed by atoms with Crippen molar-refractivity contribution < 1.29 is 0 Å². The number of allylic oxidation sites excluding steroid dienone is 4. The molecule has 0 aromatic heterocycles. The maximum absolute atomic E-state index is 2.46. The van der Waals surface area contributed by atoms with Gasteiger partial charge in [-0.15, -0.1) is 0 Å². The molecule has 2 aromatic carbocycles. The van der Waals surface area contributed by atoms with Crippen LogP contribution in [0.1, 0.15) is 75.3 Å². The third-order valence-corrected chi connectivity index (χ3v) is 5.89. The normalized spacial score (nSPS) is 16.2. The fourth-order valence-corrected chi connectivity index (χ4v) is 4.14. The topological polar surface area (TPSA) is 0 Å². The molecule has 0 heterocycles. The first kappa shape index (κ1) is 17.3. The lowest BCUT2D eigenvalue weighted by Gasteiger charge is -2.24. The largest absolute Gasteiger partial charge is 0.0732 e. The molecule has 0 heteroatoms. The van der Waals surface area contributed by atoms with Crippen LogP contribution in [0.15, 0.2) is 54.6 Å². The molecule has 0 amide bonds. The molecule has 0 saturated carbocycles. The Morgan fingerprint density at radius 1 is 0.731 bits per heavy atom. The van der Waals surface area contributed by atoms with E-state index in [4.69, 9.17) is 0 Å². The van der Waals surface area contributed by atoms with E-state index in [1.54, 1.807) is 0 Å². The van der Waals surface area contributed by atoms with E-state index < -0.39 is 0 Å². The molecule has 0 radical (unpaired) electrons. The summed E-state index contributed by atoms with van der Waals surface area (Å²) >= 11 is 0. The molecule has 0 nitrogen and oxygen atoms in total. The summed E-state index contributed by atoms with van der Waals surface area (Å²) in [7, 11) is 0. The third-order valence-electron chi connectivity index (χ3n) is 5.89. The minimum atomic E-state index is 0.153. The molecule has 26 heavy (non-hydrogen) atoms. The molecule has 2 aliphatic rings. The van der Waals surface area contributed by atoms with Crippen molar-refractivity contribution in [3.05, 3.63) is 82.5 Å². The quantitative estimate of drug-likeness (QED) is 0.444. The van der Waals surface area contributed by atoms with Gasteiger partial charge in [-0.3, -0.25) is 0 Å². The van der Waals surface area contributed by atoms with Gasteiger partial charge in [0.25, 0.3) is 0 Å². The van der Waals surface area contributed by atoms with Crippen LogP contribution in [0, 0.1) is 0 Å². The Labute approximate surface area is 158 Å². The van der Waals surface area contributed by atoms with Crippen molar-refractivity contribution in [3.63, 3.8) is 0 Å². The van der Waals surface area contributed by atoms with Crippen molar-refractivity contribution in [2.24, 2.45) is 0 Å². The second-order valence-corrected chi connectivity index (χ2v) is 9.94. The van der Waals surface area contributed by atoms with Crippen molar-refractivity contribution in [1.82, 2.24) is 0 Å². The summed E-state index contributed by atoms with van der Waals surface area (Å²) in [6.45, 7) is 13.9. The van der Waals surface area contributed by atoms with Crippen molar-refractivity contribution in [2.75, 3.05) is 0 Å².